The highest BCUT2D eigenvalue weighted by Gasteiger charge is 2.40. The average molecular weight is 394 g/mol. The summed E-state index contributed by atoms with van der Waals surface area (Å²) in [6.45, 7) is -1.59. The van der Waals surface area contributed by atoms with Crippen molar-refractivity contribution in [3.8, 4) is 11.4 Å². The van der Waals surface area contributed by atoms with E-state index >= 15 is 0 Å². The lowest BCUT2D eigenvalue weighted by Crippen LogP contribution is -2.32. The van der Waals surface area contributed by atoms with E-state index in [1.807, 2.05) is 0 Å². The number of nitrogens with zero attached hydrogens (tertiary/aromatic N) is 6. The largest absolute Gasteiger partial charge is 0.370 e. The van der Waals surface area contributed by atoms with Gasteiger partial charge < -0.3 is 4.74 Å². The Labute approximate surface area is 155 Å². The molecule has 1 aromatic carbocycles. The van der Waals surface area contributed by atoms with E-state index in [-0.39, 0.29) is 6.61 Å². The molecule has 4 rings (SSSR count). The van der Waals surface area contributed by atoms with Crippen LogP contribution in [0.3, 0.4) is 0 Å². The third-order valence-electron chi connectivity index (χ3n) is 4.14. The summed E-state index contributed by atoms with van der Waals surface area (Å²) in [6, 6.07) is 6.73. The van der Waals surface area contributed by atoms with Crippen LogP contribution in [-0.4, -0.2) is 48.3 Å². The lowest BCUT2D eigenvalue weighted by molar-refractivity contribution is -0.168. The molecule has 0 aliphatic rings. The Hall–Kier alpha value is -3.08. The van der Waals surface area contributed by atoms with Gasteiger partial charge in [-0.3, -0.25) is 4.68 Å². The molecule has 0 atom stereocenters. The molecule has 0 aliphatic carbocycles. The molecule has 7 nitrogen and oxygen atoms in total. The fourth-order valence-corrected chi connectivity index (χ4v) is 2.73. The third kappa shape index (κ3) is 3.28. The van der Waals surface area contributed by atoms with Crippen molar-refractivity contribution in [2.45, 2.75) is 19.0 Å². The second kappa shape index (κ2) is 6.82. The first-order valence-electron chi connectivity index (χ1n) is 8.21. The number of ether oxygens (including phenoxy) is 1. The number of fused-ring (bicyclic) bond motifs is 3. The molecule has 28 heavy (non-hydrogen) atoms. The highest BCUT2D eigenvalue weighted by Crippen LogP contribution is 2.24. The second-order valence-corrected chi connectivity index (χ2v) is 6.21. The zero-order valence-corrected chi connectivity index (χ0v) is 14.6. The Morgan fingerprint density at radius 3 is 2.82 bits per heavy atom. The predicted molar refractivity (Wildman–Crippen MR) is 91.1 cm³/mol. The van der Waals surface area contributed by atoms with Crippen molar-refractivity contribution in [1.82, 2.24) is 29.4 Å². The van der Waals surface area contributed by atoms with Crippen molar-refractivity contribution in [2.75, 3.05) is 6.61 Å². The molecule has 146 valence electrons. The van der Waals surface area contributed by atoms with Crippen LogP contribution in [0.4, 0.5) is 17.6 Å². The summed E-state index contributed by atoms with van der Waals surface area (Å²) in [6.07, 6.45) is -0.599. The van der Waals surface area contributed by atoms with Crippen LogP contribution < -0.4 is 0 Å². The van der Waals surface area contributed by atoms with E-state index in [1.54, 1.807) is 42.2 Å². The van der Waals surface area contributed by atoms with E-state index in [4.69, 9.17) is 4.74 Å². The molecule has 0 saturated heterocycles. The van der Waals surface area contributed by atoms with Crippen molar-refractivity contribution in [1.29, 1.82) is 0 Å². The quantitative estimate of drug-likeness (QED) is 0.470. The van der Waals surface area contributed by atoms with Gasteiger partial charge in [-0.05, 0) is 11.6 Å². The van der Waals surface area contributed by atoms with E-state index in [0.29, 0.717) is 28.2 Å². The fraction of sp³-hybridized carbons (Fsp3) is 0.294. The molecular formula is C17H14F4N6O. The van der Waals surface area contributed by atoms with Gasteiger partial charge in [0.1, 0.15) is 12.9 Å². The van der Waals surface area contributed by atoms with E-state index in [1.165, 1.54) is 10.8 Å². The molecule has 0 aliphatic heterocycles. The normalized spacial score (nSPS) is 12.5. The number of rotatable bonds is 6. The minimum absolute atomic E-state index is 0.238. The number of alkyl halides is 4. The summed E-state index contributed by atoms with van der Waals surface area (Å²) in [4.78, 5) is 8.79. The molecule has 0 amide bonds. The minimum Gasteiger partial charge on any atom is -0.370 e. The van der Waals surface area contributed by atoms with Gasteiger partial charge in [-0.15, -0.1) is 5.10 Å². The van der Waals surface area contributed by atoms with Gasteiger partial charge in [-0.25, -0.2) is 23.3 Å². The molecule has 0 fully saturated rings. The van der Waals surface area contributed by atoms with Crippen molar-refractivity contribution in [3.05, 3.63) is 42.4 Å². The molecule has 3 aromatic heterocycles. The number of hydrogen-bond acceptors (Lipinski definition) is 5. The van der Waals surface area contributed by atoms with Crippen LogP contribution >= 0.6 is 0 Å². The van der Waals surface area contributed by atoms with Gasteiger partial charge in [-0.2, -0.15) is 13.9 Å². The zero-order chi connectivity index (χ0) is 19.9. The summed E-state index contributed by atoms with van der Waals surface area (Å²) in [5.74, 6) is -3.78. The van der Waals surface area contributed by atoms with Crippen molar-refractivity contribution in [3.63, 3.8) is 0 Å². The molecule has 3 heterocycles. The van der Waals surface area contributed by atoms with E-state index in [9.17, 15) is 17.6 Å². The van der Waals surface area contributed by atoms with Gasteiger partial charge in [0.15, 0.2) is 17.1 Å². The summed E-state index contributed by atoms with van der Waals surface area (Å²) in [5.41, 5.74) is 2.40. The fourth-order valence-electron chi connectivity index (χ4n) is 2.73. The van der Waals surface area contributed by atoms with Gasteiger partial charge in [0, 0.05) is 12.6 Å². The topological polar surface area (TPSA) is 70.1 Å². The number of aryl methyl sites for hydroxylation is 1. The number of hydrogen-bond donors (Lipinski definition) is 0. The van der Waals surface area contributed by atoms with E-state index in [2.05, 4.69) is 20.2 Å². The first-order chi connectivity index (χ1) is 13.3. The third-order valence-corrected chi connectivity index (χ3v) is 4.14. The first kappa shape index (κ1) is 18.3. The smallest absolute Gasteiger partial charge is 0.330 e. The molecule has 4 aromatic rings. The minimum atomic E-state index is -4.18. The highest BCUT2D eigenvalue weighted by molar-refractivity contribution is 5.88. The molecular weight excluding hydrogens is 380 g/mol. The van der Waals surface area contributed by atoms with Crippen LogP contribution in [0.25, 0.3) is 28.1 Å². The number of aromatic nitrogens is 6. The standard InChI is InChI=1S/C17H14F4N6O/c1-26-14-12(6-23-26)15-24-13(25-27(15)9-22-14)11-4-2-3-10(5-11)7-28-8-17(20,21)16(18)19/h2-6,9,16H,7-8H2,1H3. The van der Waals surface area contributed by atoms with Crippen LogP contribution in [-0.2, 0) is 18.4 Å². The maximum Gasteiger partial charge on any atom is 0.330 e. The highest BCUT2D eigenvalue weighted by atomic mass is 19.3. The SMILES string of the molecule is Cn1ncc2c1ncn1nc(-c3cccc(COCC(F)(F)C(F)F)c3)nc21. The average Bonchev–Trinajstić information content (AvgIpc) is 3.25. The summed E-state index contributed by atoms with van der Waals surface area (Å²) >= 11 is 0. The molecule has 0 bridgehead atoms. The Morgan fingerprint density at radius 2 is 2.04 bits per heavy atom. The molecule has 0 unspecified atom stereocenters. The van der Waals surface area contributed by atoms with Gasteiger partial charge in [0.25, 0.3) is 0 Å². The van der Waals surface area contributed by atoms with Gasteiger partial charge in [-0.1, -0.05) is 18.2 Å². The Bertz CT molecular complexity index is 1140. The van der Waals surface area contributed by atoms with Crippen LogP contribution in [0.1, 0.15) is 5.56 Å². The lowest BCUT2D eigenvalue weighted by Gasteiger charge is -2.15. The zero-order valence-electron chi connectivity index (χ0n) is 14.6. The Balaban J connectivity index is 1.58. The van der Waals surface area contributed by atoms with Crippen molar-refractivity contribution in [2.24, 2.45) is 7.05 Å². The molecule has 0 saturated carbocycles. The second-order valence-electron chi connectivity index (χ2n) is 6.21. The molecule has 0 spiro atoms. The molecule has 0 radical (unpaired) electrons. The van der Waals surface area contributed by atoms with Crippen LogP contribution in [0.2, 0.25) is 0 Å². The molecule has 0 N–H and O–H groups in total. The predicted octanol–water partition coefficient (Wildman–Crippen LogP) is 3.10. The van der Waals surface area contributed by atoms with Gasteiger partial charge in [0.2, 0.25) is 0 Å². The number of benzene rings is 1. The first-order valence-corrected chi connectivity index (χ1v) is 8.21. The lowest BCUT2D eigenvalue weighted by atomic mass is 10.1. The van der Waals surface area contributed by atoms with Gasteiger partial charge in [0.05, 0.1) is 18.2 Å². The Kier molecular flexibility index (Phi) is 4.46. The van der Waals surface area contributed by atoms with Crippen molar-refractivity contribution >= 4 is 16.7 Å². The maximum atomic E-state index is 12.9. The van der Waals surface area contributed by atoms with Crippen LogP contribution in [0.5, 0.6) is 0 Å². The van der Waals surface area contributed by atoms with Gasteiger partial charge >= 0.3 is 12.3 Å². The Morgan fingerprint density at radius 1 is 1.21 bits per heavy atom. The monoisotopic (exact) mass is 394 g/mol. The number of halogens is 4. The van der Waals surface area contributed by atoms with E-state index < -0.39 is 19.0 Å². The van der Waals surface area contributed by atoms with Crippen LogP contribution in [0, 0.1) is 0 Å². The van der Waals surface area contributed by atoms with Crippen molar-refractivity contribution < 1.29 is 22.3 Å². The summed E-state index contributed by atoms with van der Waals surface area (Å²) < 4.78 is 58.1. The summed E-state index contributed by atoms with van der Waals surface area (Å²) in [5, 5.41) is 9.26. The van der Waals surface area contributed by atoms with Crippen LogP contribution in [0.15, 0.2) is 36.8 Å². The van der Waals surface area contributed by atoms with E-state index in [0.717, 1.165) is 5.39 Å². The summed E-state index contributed by atoms with van der Waals surface area (Å²) in [7, 11) is 1.77. The maximum absolute atomic E-state index is 12.9. The molecule has 11 heteroatoms.